The van der Waals surface area contributed by atoms with Gasteiger partial charge in [0.05, 0.1) is 5.92 Å². The molecule has 18 heavy (non-hydrogen) atoms. The molecule has 3 heteroatoms. The SMILES string of the molecule is CC(=O)CC(C(=O)O)C1C2CC3CC(C2)CC1C3. The van der Waals surface area contributed by atoms with Crippen molar-refractivity contribution in [3.63, 3.8) is 0 Å². The zero-order valence-electron chi connectivity index (χ0n) is 11.0. The van der Waals surface area contributed by atoms with Crippen LogP contribution in [0.2, 0.25) is 0 Å². The standard InChI is InChI=1S/C15H22O3/c1-8(16)2-13(15(17)18)14-11-4-9-3-10(6-11)7-12(14)5-9/h9-14H,2-7H2,1H3,(H,17,18). The first-order chi connectivity index (χ1) is 8.54. The van der Waals surface area contributed by atoms with Crippen LogP contribution >= 0.6 is 0 Å². The number of carboxylic acids is 1. The zero-order valence-corrected chi connectivity index (χ0v) is 11.0. The molecular weight excluding hydrogens is 228 g/mol. The summed E-state index contributed by atoms with van der Waals surface area (Å²) in [6.45, 7) is 1.52. The molecular formula is C15H22O3. The second-order valence-electron chi connectivity index (χ2n) is 6.86. The average molecular weight is 250 g/mol. The highest BCUT2D eigenvalue weighted by Gasteiger charge is 2.51. The second kappa shape index (κ2) is 4.36. The van der Waals surface area contributed by atoms with Crippen LogP contribution in [0.4, 0.5) is 0 Å². The monoisotopic (exact) mass is 250 g/mol. The number of carbonyl (C=O) groups is 2. The Morgan fingerprint density at radius 3 is 1.94 bits per heavy atom. The highest BCUT2D eigenvalue weighted by atomic mass is 16.4. The van der Waals surface area contributed by atoms with Crippen molar-refractivity contribution in [1.82, 2.24) is 0 Å². The molecule has 1 N–H and O–H groups in total. The molecule has 0 saturated heterocycles. The van der Waals surface area contributed by atoms with Gasteiger partial charge in [-0.3, -0.25) is 4.79 Å². The van der Waals surface area contributed by atoms with Gasteiger partial charge in [-0.05, 0) is 68.6 Å². The Labute approximate surface area is 108 Å². The fraction of sp³-hybridized carbons (Fsp3) is 0.867. The third-order valence-corrected chi connectivity index (χ3v) is 5.59. The lowest BCUT2D eigenvalue weighted by atomic mass is 9.49. The minimum Gasteiger partial charge on any atom is -0.481 e. The van der Waals surface area contributed by atoms with Crippen molar-refractivity contribution in [1.29, 1.82) is 0 Å². The molecule has 100 valence electrons. The quantitative estimate of drug-likeness (QED) is 0.834. The van der Waals surface area contributed by atoms with Gasteiger partial charge in [-0.25, -0.2) is 0 Å². The largest absolute Gasteiger partial charge is 0.481 e. The molecule has 4 bridgehead atoms. The van der Waals surface area contributed by atoms with E-state index in [9.17, 15) is 14.7 Å². The van der Waals surface area contributed by atoms with Crippen LogP contribution in [0.15, 0.2) is 0 Å². The van der Waals surface area contributed by atoms with Crippen molar-refractivity contribution in [2.24, 2.45) is 35.5 Å². The van der Waals surface area contributed by atoms with E-state index in [1.54, 1.807) is 0 Å². The van der Waals surface area contributed by atoms with E-state index in [-0.39, 0.29) is 18.1 Å². The van der Waals surface area contributed by atoms with Crippen LogP contribution in [-0.4, -0.2) is 16.9 Å². The fourth-order valence-corrected chi connectivity index (χ4v) is 5.32. The van der Waals surface area contributed by atoms with Gasteiger partial charge in [0, 0.05) is 6.42 Å². The maximum absolute atomic E-state index is 11.5. The van der Waals surface area contributed by atoms with Gasteiger partial charge in [-0.2, -0.15) is 0 Å². The van der Waals surface area contributed by atoms with E-state index < -0.39 is 11.9 Å². The lowest BCUT2D eigenvalue weighted by Crippen LogP contribution is -2.49. The van der Waals surface area contributed by atoms with Gasteiger partial charge >= 0.3 is 5.97 Å². The summed E-state index contributed by atoms with van der Waals surface area (Å²) in [6.07, 6.45) is 6.50. The molecule has 4 aliphatic rings. The van der Waals surface area contributed by atoms with E-state index in [0.717, 1.165) is 11.8 Å². The number of carbonyl (C=O) groups excluding carboxylic acids is 1. The van der Waals surface area contributed by atoms with Crippen LogP contribution in [-0.2, 0) is 9.59 Å². The van der Waals surface area contributed by atoms with E-state index in [4.69, 9.17) is 0 Å². The molecule has 0 radical (unpaired) electrons. The summed E-state index contributed by atoms with van der Waals surface area (Å²) >= 11 is 0. The average Bonchev–Trinajstić information content (AvgIpc) is 2.25. The maximum Gasteiger partial charge on any atom is 0.307 e. The molecule has 0 aliphatic heterocycles. The van der Waals surface area contributed by atoms with Gasteiger partial charge in [0.15, 0.2) is 0 Å². The molecule has 4 saturated carbocycles. The van der Waals surface area contributed by atoms with Crippen molar-refractivity contribution in [3.05, 3.63) is 0 Å². The normalized spacial score (nSPS) is 42.8. The topological polar surface area (TPSA) is 54.4 Å². The molecule has 4 rings (SSSR count). The van der Waals surface area contributed by atoms with Gasteiger partial charge < -0.3 is 9.90 Å². The van der Waals surface area contributed by atoms with Crippen molar-refractivity contribution in [3.8, 4) is 0 Å². The smallest absolute Gasteiger partial charge is 0.307 e. The molecule has 4 fully saturated rings. The molecule has 1 unspecified atom stereocenters. The van der Waals surface area contributed by atoms with Gasteiger partial charge in [0.2, 0.25) is 0 Å². The Morgan fingerprint density at radius 2 is 1.56 bits per heavy atom. The van der Waals surface area contributed by atoms with Crippen molar-refractivity contribution >= 4 is 11.8 Å². The molecule has 3 nitrogen and oxygen atoms in total. The van der Waals surface area contributed by atoms with Crippen molar-refractivity contribution < 1.29 is 14.7 Å². The van der Waals surface area contributed by atoms with Crippen LogP contribution < -0.4 is 0 Å². The van der Waals surface area contributed by atoms with Gasteiger partial charge in [-0.15, -0.1) is 0 Å². The summed E-state index contributed by atoms with van der Waals surface area (Å²) in [5.74, 6) is 2.02. The molecule has 0 amide bonds. The van der Waals surface area contributed by atoms with E-state index in [1.165, 1.54) is 39.0 Å². The zero-order chi connectivity index (χ0) is 12.9. The minimum absolute atomic E-state index is 0.0243. The Morgan fingerprint density at radius 1 is 1.06 bits per heavy atom. The van der Waals surface area contributed by atoms with Gasteiger partial charge in [0.1, 0.15) is 5.78 Å². The molecule has 0 heterocycles. The Hall–Kier alpha value is -0.860. The predicted molar refractivity (Wildman–Crippen MR) is 67.0 cm³/mol. The predicted octanol–water partition coefficient (Wildman–Crippen LogP) is 2.74. The van der Waals surface area contributed by atoms with Gasteiger partial charge in [-0.1, -0.05) is 0 Å². The third kappa shape index (κ3) is 1.98. The van der Waals surface area contributed by atoms with E-state index in [0.29, 0.717) is 11.8 Å². The Kier molecular flexibility index (Phi) is 2.95. The minimum atomic E-state index is -0.748. The Balaban J connectivity index is 1.81. The highest BCUT2D eigenvalue weighted by molar-refractivity contribution is 5.82. The second-order valence-corrected chi connectivity index (χ2v) is 6.86. The van der Waals surface area contributed by atoms with E-state index in [1.807, 2.05) is 0 Å². The van der Waals surface area contributed by atoms with E-state index >= 15 is 0 Å². The third-order valence-electron chi connectivity index (χ3n) is 5.59. The number of hydrogen-bond donors (Lipinski definition) is 1. The molecule has 0 aromatic rings. The number of ketones is 1. The van der Waals surface area contributed by atoms with Crippen molar-refractivity contribution in [2.45, 2.75) is 45.4 Å². The summed E-state index contributed by atoms with van der Waals surface area (Å²) < 4.78 is 0. The summed E-state index contributed by atoms with van der Waals surface area (Å²) in [7, 11) is 0. The molecule has 1 atom stereocenters. The molecule has 0 aromatic heterocycles. The van der Waals surface area contributed by atoms with Gasteiger partial charge in [0.25, 0.3) is 0 Å². The summed E-state index contributed by atoms with van der Waals surface area (Å²) in [5, 5.41) is 9.45. The van der Waals surface area contributed by atoms with Crippen LogP contribution in [0.1, 0.15) is 45.4 Å². The summed E-state index contributed by atoms with van der Waals surface area (Å²) in [6, 6.07) is 0. The van der Waals surface area contributed by atoms with Crippen LogP contribution in [0.5, 0.6) is 0 Å². The maximum atomic E-state index is 11.5. The summed E-state index contributed by atoms with van der Waals surface area (Å²) in [5.41, 5.74) is 0. The summed E-state index contributed by atoms with van der Waals surface area (Å²) in [4.78, 5) is 22.8. The number of carboxylic acid groups (broad SMARTS) is 1. The number of hydrogen-bond acceptors (Lipinski definition) is 2. The molecule has 0 aromatic carbocycles. The van der Waals surface area contributed by atoms with Crippen molar-refractivity contribution in [2.75, 3.05) is 0 Å². The first-order valence-electron chi connectivity index (χ1n) is 7.26. The van der Waals surface area contributed by atoms with Crippen LogP contribution in [0.25, 0.3) is 0 Å². The lowest BCUT2D eigenvalue weighted by Gasteiger charge is -2.55. The Bertz CT molecular complexity index is 346. The first kappa shape index (κ1) is 12.2. The first-order valence-corrected chi connectivity index (χ1v) is 7.26. The van der Waals surface area contributed by atoms with Crippen LogP contribution in [0.3, 0.4) is 0 Å². The highest BCUT2D eigenvalue weighted by Crippen LogP contribution is 2.58. The molecule has 4 aliphatic carbocycles. The fourth-order valence-electron chi connectivity index (χ4n) is 5.32. The van der Waals surface area contributed by atoms with E-state index in [2.05, 4.69) is 0 Å². The lowest BCUT2D eigenvalue weighted by molar-refractivity contribution is -0.153. The number of Topliss-reactive ketones (excluding diaryl/α,β-unsaturated/α-hetero) is 1. The number of aliphatic carboxylic acids is 1. The van der Waals surface area contributed by atoms with Crippen LogP contribution in [0, 0.1) is 35.5 Å². The molecule has 0 spiro atoms. The number of rotatable bonds is 4.